The Labute approximate surface area is 176 Å². The van der Waals surface area contributed by atoms with Crippen molar-refractivity contribution >= 4 is 28.9 Å². The third-order valence-corrected chi connectivity index (χ3v) is 4.36. The van der Waals surface area contributed by atoms with Crippen molar-refractivity contribution < 1.29 is 4.74 Å². The molecule has 0 atom stereocenters. The Morgan fingerprint density at radius 1 is 0.897 bits per heavy atom. The van der Waals surface area contributed by atoms with E-state index in [0.29, 0.717) is 19.1 Å². The largest absolute Gasteiger partial charge is 0.490 e. The molecule has 0 saturated carbocycles. The Bertz CT molecular complexity index is 923. The molecule has 0 amide bonds. The summed E-state index contributed by atoms with van der Waals surface area (Å²) in [7, 11) is 0. The van der Waals surface area contributed by atoms with E-state index in [1.54, 1.807) is 6.08 Å². The van der Waals surface area contributed by atoms with Gasteiger partial charge in [0.25, 0.3) is 0 Å². The third kappa shape index (κ3) is 7.01. The van der Waals surface area contributed by atoms with E-state index in [9.17, 15) is 0 Å². The number of anilines is 2. The van der Waals surface area contributed by atoms with Gasteiger partial charge in [-0.1, -0.05) is 54.6 Å². The van der Waals surface area contributed by atoms with Crippen molar-refractivity contribution in [3.05, 3.63) is 102 Å². The van der Waals surface area contributed by atoms with Crippen LogP contribution in [0.4, 0.5) is 11.4 Å². The molecule has 0 aliphatic carbocycles. The van der Waals surface area contributed by atoms with E-state index in [1.165, 1.54) is 5.56 Å². The molecule has 0 spiro atoms. The summed E-state index contributed by atoms with van der Waals surface area (Å²) in [4.78, 5) is 4.72. The number of para-hydroxylation sites is 1. The monoisotopic (exact) mass is 405 g/mol. The second-order valence-electron chi connectivity index (χ2n) is 6.35. The molecule has 148 valence electrons. The van der Waals surface area contributed by atoms with Crippen LogP contribution in [0.3, 0.4) is 0 Å². The smallest absolute Gasteiger partial charge is 0.200 e. The topological polar surface area (TPSA) is 45.6 Å². The molecule has 3 aromatic rings. The fraction of sp³-hybridized carbons (Fsp3) is 0.125. The van der Waals surface area contributed by atoms with Crippen molar-refractivity contribution in [1.29, 1.82) is 0 Å². The van der Waals surface area contributed by atoms with Crippen LogP contribution >= 0.6 is 11.6 Å². The summed E-state index contributed by atoms with van der Waals surface area (Å²) >= 11 is 5.95. The quantitative estimate of drug-likeness (QED) is 0.273. The van der Waals surface area contributed by atoms with Gasteiger partial charge in [0.1, 0.15) is 12.4 Å². The molecule has 4 nitrogen and oxygen atoms in total. The number of halogens is 1. The van der Waals surface area contributed by atoms with Crippen molar-refractivity contribution in [3.63, 3.8) is 0 Å². The van der Waals surface area contributed by atoms with Crippen LogP contribution in [0.1, 0.15) is 5.56 Å². The summed E-state index contributed by atoms with van der Waals surface area (Å²) in [6.07, 6.45) is 2.55. The third-order valence-electron chi connectivity index (χ3n) is 4.11. The van der Waals surface area contributed by atoms with Gasteiger partial charge in [-0.2, -0.15) is 0 Å². The zero-order valence-corrected chi connectivity index (χ0v) is 16.9. The summed E-state index contributed by atoms with van der Waals surface area (Å²) in [5.41, 5.74) is 3.08. The number of nitrogens with zero attached hydrogens (tertiary/aromatic N) is 1. The highest BCUT2D eigenvalue weighted by Crippen LogP contribution is 2.16. The molecule has 0 saturated heterocycles. The van der Waals surface area contributed by atoms with Crippen LogP contribution in [0.25, 0.3) is 0 Å². The van der Waals surface area contributed by atoms with Crippen LogP contribution in [0.15, 0.2) is 96.5 Å². The Morgan fingerprint density at radius 3 is 2.21 bits per heavy atom. The maximum Gasteiger partial charge on any atom is 0.200 e. The first-order valence-electron chi connectivity index (χ1n) is 9.45. The number of hydrogen-bond donors (Lipinski definition) is 2. The second-order valence-corrected chi connectivity index (χ2v) is 6.78. The molecule has 0 unspecified atom stereocenters. The van der Waals surface area contributed by atoms with E-state index in [4.69, 9.17) is 21.3 Å². The Balaban J connectivity index is 1.68. The number of hydrogen-bond acceptors (Lipinski definition) is 2. The van der Waals surface area contributed by atoms with Crippen LogP contribution in [0.5, 0.6) is 5.75 Å². The van der Waals surface area contributed by atoms with Crippen molar-refractivity contribution in [2.75, 3.05) is 23.8 Å². The van der Waals surface area contributed by atoms with E-state index >= 15 is 0 Å². The number of nitrogens with one attached hydrogen (secondary N) is 2. The molecule has 5 heteroatoms. The highest BCUT2D eigenvalue weighted by atomic mass is 35.5. The Kier molecular flexibility index (Phi) is 7.72. The average molecular weight is 406 g/mol. The zero-order chi connectivity index (χ0) is 20.3. The lowest BCUT2D eigenvalue weighted by Crippen LogP contribution is -2.22. The molecule has 3 rings (SSSR count). The standard InChI is InChI=1S/C24H24ClN3O/c1-2-18-29-23-14-12-22(13-15-23)28-24(27-21-6-4-3-5-7-21)26-17-16-19-8-10-20(25)11-9-19/h2-15H,1,16-18H2,(H2,26,27,28). The first-order valence-corrected chi connectivity index (χ1v) is 9.82. The number of ether oxygens (including phenoxy) is 1. The van der Waals surface area contributed by atoms with E-state index in [2.05, 4.69) is 17.2 Å². The minimum absolute atomic E-state index is 0.486. The minimum atomic E-state index is 0.486. The van der Waals surface area contributed by atoms with Gasteiger partial charge in [-0.3, -0.25) is 4.99 Å². The summed E-state index contributed by atoms with van der Waals surface area (Å²) in [5, 5.41) is 7.43. The van der Waals surface area contributed by atoms with Crippen LogP contribution in [-0.4, -0.2) is 19.1 Å². The lowest BCUT2D eigenvalue weighted by Gasteiger charge is -2.13. The van der Waals surface area contributed by atoms with Crippen LogP contribution in [0.2, 0.25) is 5.02 Å². The first kappa shape index (κ1) is 20.5. The predicted octanol–water partition coefficient (Wildman–Crippen LogP) is 6.03. The molecule has 29 heavy (non-hydrogen) atoms. The van der Waals surface area contributed by atoms with Gasteiger partial charge in [-0.05, 0) is 60.5 Å². The summed E-state index contributed by atoms with van der Waals surface area (Å²) < 4.78 is 5.53. The molecular formula is C24H24ClN3O. The lowest BCUT2D eigenvalue weighted by atomic mass is 10.1. The number of rotatable bonds is 8. The summed E-state index contributed by atoms with van der Waals surface area (Å²) in [6.45, 7) is 4.79. The van der Waals surface area contributed by atoms with Gasteiger partial charge >= 0.3 is 0 Å². The van der Waals surface area contributed by atoms with Gasteiger partial charge in [-0.25, -0.2) is 0 Å². The van der Waals surface area contributed by atoms with Crippen molar-refractivity contribution in [2.45, 2.75) is 6.42 Å². The van der Waals surface area contributed by atoms with Crippen molar-refractivity contribution in [2.24, 2.45) is 4.99 Å². The predicted molar refractivity (Wildman–Crippen MR) is 123 cm³/mol. The number of aliphatic imine (C=N–C) groups is 1. The van der Waals surface area contributed by atoms with E-state index in [0.717, 1.165) is 28.6 Å². The minimum Gasteiger partial charge on any atom is -0.490 e. The molecular weight excluding hydrogens is 382 g/mol. The fourth-order valence-electron chi connectivity index (χ4n) is 2.64. The van der Waals surface area contributed by atoms with Gasteiger partial charge in [-0.15, -0.1) is 0 Å². The number of benzene rings is 3. The van der Waals surface area contributed by atoms with Gasteiger partial charge < -0.3 is 15.4 Å². The second kappa shape index (κ2) is 10.9. The van der Waals surface area contributed by atoms with Gasteiger partial charge in [0, 0.05) is 22.9 Å². The highest BCUT2D eigenvalue weighted by Gasteiger charge is 2.03. The van der Waals surface area contributed by atoms with Crippen molar-refractivity contribution in [1.82, 2.24) is 0 Å². The fourth-order valence-corrected chi connectivity index (χ4v) is 2.77. The first-order chi connectivity index (χ1) is 14.2. The molecule has 0 radical (unpaired) electrons. The van der Waals surface area contributed by atoms with E-state index in [1.807, 2.05) is 78.9 Å². The maximum absolute atomic E-state index is 5.95. The summed E-state index contributed by atoms with van der Waals surface area (Å²) in [5.74, 6) is 1.48. The molecule has 3 aromatic carbocycles. The highest BCUT2D eigenvalue weighted by molar-refractivity contribution is 6.30. The molecule has 0 aliphatic heterocycles. The molecule has 0 aliphatic rings. The normalized spacial score (nSPS) is 11.0. The Morgan fingerprint density at radius 2 is 1.55 bits per heavy atom. The molecule has 0 aromatic heterocycles. The van der Waals surface area contributed by atoms with Crippen LogP contribution in [-0.2, 0) is 6.42 Å². The molecule has 0 fully saturated rings. The van der Waals surface area contributed by atoms with Gasteiger partial charge in [0.2, 0.25) is 0 Å². The SMILES string of the molecule is C=CCOc1ccc(NC(=NCCc2ccc(Cl)cc2)Nc2ccccc2)cc1. The van der Waals surface area contributed by atoms with Crippen molar-refractivity contribution in [3.8, 4) is 5.75 Å². The molecule has 0 heterocycles. The molecule has 0 bridgehead atoms. The number of guanidine groups is 1. The summed E-state index contributed by atoms with van der Waals surface area (Å²) in [6, 6.07) is 25.6. The zero-order valence-electron chi connectivity index (χ0n) is 16.1. The molecule has 2 N–H and O–H groups in total. The maximum atomic E-state index is 5.95. The van der Waals surface area contributed by atoms with E-state index < -0.39 is 0 Å². The van der Waals surface area contributed by atoms with E-state index in [-0.39, 0.29) is 0 Å². The van der Waals surface area contributed by atoms with Crippen LogP contribution < -0.4 is 15.4 Å². The Hall–Kier alpha value is -3.24. The van der Waals surface area contributed by atoms with Gasteiger partial charge in [0.15, 0.2) is 5.96 Å². The average Bonchev–Trinajstić information content (AvgIpc) is 2.75. The van der Waals surface area contributed by atoms with Crippen LogP contribution in [0, 0.1) is 0 Å². The van der Waals surface area contributed by atoms with Gasteiger partial charge in [0.05, 0.1) is 0 Å². The lowest BCUT2D eigenvalue weighted by molar-refractivity contribution is 0.363.